The first kappa shape index (κ1) is 28.0. The lowest BCUT2D eigenvalue weighted by molar-refractivity contribution is 0.329. The number of piperidine rings is 1. The Morgan fingerprint density at radius 3 is 2.20 bits per heavy atom. The molecule has 10 nitrogen and oxygen atoms in total. The second kappa shape index (κ2) is 11.6. The number of rotatable bonds is 7. The number of sulfonamides is 1. The maximum Gasteiger partial charge on any atom is 0.246 e. The number of imidazole rings is 1. The molecule has 0 amide bonds. The lowest BCUT2D eigenvalue weighted by Gasteiger charge is -2.32. The van der Waals surface area contributed by atoms with Crippen molar-refractivity contribution in [3.05, 3.63) is 34.6 Å². The normalized spacial score (nSPS) is 23.6. The van der Waals surface area contributed by atoms with Crippen LogP contribution < -0.4 is 16.4 Å². The zero-order chi connectivity index (χ0) is 27.9. The summed E-state index contributed by atoms with van der Waals surface area (Å²) in [5.41, 5.74) is 7.71. The average Bonchev–Trinajstić information content (AvgIpc) is 3.60. The Balaban J connectivity index is 1.22. The largest absolute Gasteiger partial charge is 0.365 e. The number of nitrogens with one attached hydrogen (secondary N) is 2. The van der Waals surface area contributed by atoms with Crippen molar-refractivity contribution in [2.75, 3.05) is 23.7 Å². The topological polar surface area (TPSA) is 131 Å². The third-order valence-corrected chi connectivity index (χ3v) is 11.4. The monoisotopic (exact) mass is 606 g/mol. The SMILES string of the molecule is N[C@H]1CC[C@H](Nc2nc(NC3CCN(S(=O)(=O)c4c(Cl)cccc4Cl)CC3)c3ncn(C4CCCC4)c3n2)CC1. The minimum Gasteiger partial charge on any atom is -0.365 e. The molecular weight excluding hydrogens is 571 g/mol. The van der Waals surface area contributed by atoms with E-state index < -0.39 is 10.0 Å². The van der Waals surface area contributed by atoms with Crippen LogP contribution in [0.3, 0.4) is 0 Å². The molecule has 1 aliphatic heterocycles. The Morgan fingerprint density at radius 1 is 0.875 bits per heavy atom. The van der Waals surface area contributed by atoms with Crippen LogP contribution in [-0.2, 0) is 10.0 Å². The van der Waals surface area contributed by atoms with E-state index in [-0.39, 0.29) is 33.1 Å². The Bertz CT molecular complexity index is 1440. The maximum atomic E-state index is 13.3. The Labute approximate surface area is 245 Å². The van der Waals surface area contributed by atoms with Gasteiger partial charge in [-0.15, -0.1) is 0 Å². The average molecular weight is 608 g/mol. The van der Waals surface area contributed by atoms with E-state index in [1.165, 1.54) is 17.1 Å². The number of nitrogens with zero attached hydrogens (tertiary/aromatic N) is 5. The molecule has 0 unspecified atom stereocenters. The minimum atomic E-state index is -3.81. The molecule has 13 heteroatoms. The summed E-state index contributed by atoms with van der Waals surface area (Å²) in [5.74, 6) is 1.29. The van der Waals surface area contributed by atoms with Gasteiger partial charge in [-0.05, 0) is 63.5 Å². The van der Waals surface area contributed by atoms with E-state index in [0.29, 0.717) is 43.7 Å². The first-order chi connectivity index (χ1) is 19.3. The highest BCUT2D eigenvalue weighted by atomic mass is 35.5. The molecule has 3 fully saturated rings. The molecule has 40 heavy (non-hydrogen) atoms. The molecule has 2 saturated carbocycles. The van der Waals surface area contributed by atoms with Crippen LogP contribution >= 0.6 is 23.2 Å². The number of hydrogen-bond donors (Lipinski definition) is 3. The van der Waals surface area contributed by atoms with Gasteiger partial charge in [0.2, 0.25) is 16.0 Å². The third-order valence-electron chi connectivity index (χ3n) is 8.56. The van der Waals surface area contributed by atoms with Gasteiger partial charge in [0.25, 0.3) is 0 Å². The van der Waals surface area contributed by atoms with E-state index >= 15 is 0 Å². The van der Waals surface area contributed by atoms with Gasteiger partial charge in [0.05, 0.1) is 16.4 Å². The lowest BCUT2D eigenvalue weighted by atomic mass is 9.92. The molecule has 0 atom stereocenters. The van der Waals surface area contributed by atoms with E-state index in [4.69, 9.17) is 43.9 Å². The van der Waals surface area contributed by atoms with Crippen LogP contribution in [0.15, 0.2) is 29.4 Å². The van der Waals surface area contributed by atoms with Crippen LogP contribution in [0.2, 0.25) is 10.0 Å². The molecule has 0 radical (unpaired) electrons. The highest BCUT2D eigenvalue weighted by molar-refractivity contribution is 7.89. The molecule has 1 saturated heterocycles. The van der Waals surface area contributed by atoms with Crippen LogP contribution in [0.5, 0.6) is 0 Å². The molecule has 2 aliphatic carbocycles. The number of aromatic nitrogens is 4. The summed E-state index contributed by atoms with van der Waals surface area (Å²) in [7, 11) is -3.81. The molecule has 2 aromatic heterocycles. The van der Waals surface area contributed by atoms with E-state index in [9.17, 15) is 8.42 Å². The first-order valence-electron chi connectivity index (χ1n) is 14.3. The van der Waals surface area contributed by atoms with Crippen molar-refractivity contribution in [2.24, 2.45) is 5.73 Å². The van der Waals surface area contributed by atoms with Gasteiger partial charge in [0.15, 0.2) is 17.0 Å². The molecule has 3 aliphatic rings. The molecule has 6 rings (SSSR count). The van der Waals surface area contributed by atoms with Gasteiger partial charge < -0.3 is 20.9 Å². The summed E-state index contributed by atoms with van der Waals surface area (Å²) in [4.78, 5) is 14.5. The van der Waals surface area contributed by atoms with Crippen molar-refractivity contribution in [3.8, 4) is 0 Å². The second-order valence-corrected chi connectivity index (χ2v) is 14.0. The van der Waals surface area contributed by atoms with E-state index in [1.807, 2.05) is 6.33 Å². The van der Waals surface area contributed by atoms with Crippen molar-refractivity contribution >= 4 is 56.2 Å². The molecule has 0 spiro atoms. The standard InChI is InChI=1S/C27H36Cl2N8O2S/c28-21-6-3-7-22(29)24(21)40(38,39)36-14-12-19(13-15-36)32-25-23-26(37(16-31-23)20-4-1-2-5-20)35-27(34-25)33-18-10-8-17(30)9-11-18/h3,6-7,16-20H,1-2,4-5,8-15,30H2,(H2,32,33,34,35)/t17-,18-. The van der Waals surface area contributed by atoms with Crippen LogP contribution in [0.4, 0.5) is 11.8 Å². The maximum absolute atomic E-state index is 13.3. The van der Waals surface area contributed by atoms with E-state index in [2.05, 4.69) is 15.2 Å². The molecular formula is C27H36Cl2N8O2S. The predicted molar refractivity (Wildman–Crippen MR) is 159 cm³/mol. The van der Waals surface area contributed by atoms with Gasteiger partial charge in [0, 0.05) is 37.3 Å². The summed E-state index contributed by atoms with van der Waals surface area (Å²) < 4.78 is 30.3. The summed E-state index contributed by atoms with van der Waals surface area (Å²) in [5, 5.41) is 7.42. The minimum absolute atomic E-state index is 0.0286. The summed E-state index contributed by atoms with van der Waals surface area (Å²) in [6.45, 7) is 0.694. The summed E-state index contributed by atoms with van der Waals surface area (Å²) in [6, 6.07) is 5.73. The number of anilines is 2. The van der Waals surface area contributed by atoms with Gasteiger partial charge in [-0.3, -0.25) is 0 Å². The fraction of sp³-hybridized carbons (Fsp3) is 0.593. The van der Waals surface area contributed by atoms with Crippen molar-refractivity contribution in [1.82, 2.24) is 23.8 Å². The van der Waals surface area contributed by atoms with Gasteiger partial charge in [-0.25, -0.2) is 13.4 Å². The second-order valence-electron chi connectivity index (χ2n) is 11.3. The van der Waals surface area contributed by atoms with Gasteiger partial charge in [-0.1, -0.05) is 42.1 Å². The highest BCUT2D eigenvalue weighted by Gasteiger charge is 2.33. The summed E-state index contributed by atoms with van der Waals surface area (Å²) in [6.07, 6.45) is 11.8. The fourth-order valence-corrected chi connectivity index (χ4v) is 8.83. The molecule has 0 bridgehead atoms. The van der Waals surface area contributed by atoms with Gasteiger partial charge >= 0.3 is 0 Å². The number of hydrogen-bond acceptors (Lipinski definition) is 8. The first-order valence-corrected chi connectivity index (χ1v) is 16.5. The number of benzene rings is 1. The summed E-state index contributed by atoms with van der Waals surface area (Å²) >= 11 is 12.5. The van der Waals surface area contributed by atoms with Gasteiger partial charge in [-0.2, -0.15) is 14.3 Å². The van der Waals surface area contributed by atoms with Crippen LogP contribution in [0, 0.1) is 0 Å². The van der Waals surface area contributed by atoms with Crippen molar-refractivity contribution in [1.29, 1.82) is 0 Å². The zero-order valence-electron chi connectivity index (χ0n) is 22.4. The Morgan fingerprint density at radius 2 is 1.52 bits per heavy atom. The molecule has 216 valence electrons. The molecule has 1 aromatic carbocycles. The van der Waals surface area contributed by atoms with Gasteiger partial charge in [0.1, 0.15) is 4.90 Å². The lowest BCUT2D eigenvalue weighted by Crippen LogP contribution is -2.42. The van der Waals surface area contributed by atoms with Crippen molar-refractivity contribution in [3.63, 3.8) is 0 Å². The van der Waals surface area contributed by atoms with E-state index in [0.717, 1.165) is 49.7 Å². The van der Waals surface area contributed by atoms with Crippen molar-refractivity contribution in [2.45, 2.75) is 93.3 Å². The van der Waals surface area contributed by atoms with Crippen LogP contribution in [-0.4, -0.2) is 63.5 Å². The predicted octanol–water partition coefficient (Wildman–Crippen LogP) is 5.20. The van der Waals surface area contributed by atoms with Crippen molar-refractivity contribution < 1.29 is 8.42 Å². The Hall–Kier alpha value is -2.18. The molecule has 3 aromatic rings. The highest BCUT2D eigenvalue weighted by Crippen LogP contribution is 2.35. The third kappa shape index (κ3) is 5.63. The number of halogens is 2. The van der Waals surface area contributed by atoms with E-state index in [1.54, 1.807) is 18.2 Å². The van der Waals surface area contributed by atoms with Crippen LogP contribution in [0.1, 0.15) is 70.3 Å². The molecule has 3 heterocycles. The fourth-order valence-electron chi connectivity index (χ4n) is 6.27. The number of nitrogens with two attached hydrogens (primary N) is 1. The smallest absolute Gasteiger partial charge is 0.246 e. The molecule has 4 N–H and O–H groups in total. The Kier molecular flexibility index (Phi) is 8.11. The number of fused-ring (bicyclic) bond motifs is 1. The quantitative estimate of drug-likeness (QED) is 0.334. The zero-order valence-corrected chi connectivity index (χ0v) is 24.7. The van der Waals surface area contributed by atoms with Crippen LogP contribution in [0.25, 0.3) is 11.2 Å².